The molecule has 0 saturated carbocycles. The van der Waals surface area contributed by atoms with Crippen LogP contribution in [0.25, 0.3) is 11.0 Å². The number of aryl methyl sites for hydroxylation is 1. The number of nitrogens with one attached hydrogen (secondary N) is 1. The Balaban J connectivity index is 1.70. The molecule has 0 bridgehead atoms. The lowest BCUT2D eigenvalue weighted by Gasteiger charge is -2.20. The maximum absolute atomic E-state index is 12.9. The Morgan fingerprint density at radius 1 is 1.16 bits per heavy atom. The van der Waals surface area contributed by atoms with E-state index in [1.165, 1.54) is 10.8 Å². The first-order chi connectivity index (χ1) is 14.6. The van der Waals surface area contributed by atoms with Crippen LogP contribution in [0.4, 0.5) is 5.69 Å². The third-order valence-corrected chi connectivity index (χ3v) is 4.76. The van der Waals surface area contributed by atoms with Gasteiger partial charge >= 0.3 is 5.97 Å². The Labute approximate surface area is 180 Å². The predicted molar refractivity (Wildman–Crippen MR) is 117 cm³/mol. The number of fused-ring (bicyclic) bond motifs is 1. The molecule has 0 saturated heterocycles. The summed E-state index contributed by atoms with van der Waals surface area (Å²) in [7, 11) is 0. The first-order valence-electron chi connectivity index (χ1n) is 10.1. The van der Waals surface area contributed by atoms with Gasteiger partial charge in [-0.3, -0.25) is 14.2 Å². The average molecular weight is 425 g/mol. The van der Waals surface area contributed by atoms with Crippen LogP contribution in [0.5, 0.6) is 0 Å². The molecule has 0 unspecified atom stereocenters. The average Bonchev–Trinajstić information content (AvgIpc) is 3.13. The summed E-state index contributed by atoms with van der Waals surface area (Å²) >= 11 is 0. The predicted octanol–water partition coefficient (Wildman–Crippen LogP) is 2.86. The largest absolute Gasteiger partial charge is 0.462 e. The zero-order chi connectivity index (χ0) is 22.8. The molecule has 164 valence electrons. The molecule has 9 heteroatoms. The Morgan fingerprint density at radius 3 is 2.45 bits per heavy atom. The number of ether oxygens (including phenoxy) is 1. The number of carbonyl (C=O) groups excluding carboxylic acids is 2. The first kappa shape index (κ1) is 22.2. The van der Waals surface area contributed by atoms with Crippen molar-refractivity contribution in [1.82, 2.24) is 19.3 Å². The second kappa shape index (κ2) is 8.71. The molecule has 0 radical (unpaired) electrons. The molecule has 0 aliphatic heterocycles. The van der Waals surface area contributed by atoms with Crippen LogP contribution < -0.4 is 10.9 Å². The van der Waals surface area contributed by atoms with Crippen molar-refractivity contribution in [3.05, 3.63) is 52.2 Å². The summed E-state index contributed by atoms with van der Waals surface area (Å²) in [5.74, 6) is -0.136. The van der Waals surface area contributed by atoms with Crippen LogP contribution in [-0.4, -0.2) is 37.8 Å². The van der Waals surface area contributed by atoms with Crippen LogP contribution >= 0.6 is 0 Å². The smallest absolute Gasteiger partial charge is 0.338 e. The highest BCUT2D eigenvalue weighted by Gasteiger charge is 2.21. The number of rotatable bonds is 6. The number of anilines is 1. The molecule has 9 nitrogen and oxygen atoms in total. The molecule has 1 amide bonds. The normalized spacial score (nSPS) is 11.5. The van der Waals surface area contributed by atoms with Crippen molar-refractivity contribution in [2.45, 2.75) is 53.1 Å². The van der Waals surface area contributed by atoms with Gasteiger partial charge in [0.25, 0.3) is 5.56 Å². The fraction of sp³-hybridized carbons (Fsp3) is 0.409. The van der Waals surface area contributed by atoms with Crippen molar-refractivity contribution in [3.63, 3.8) is 0 Å². The summed E-state index contributed by atoms with van der Waals surface area (Å²) < 4.78 is 8.16. The Bertz CT molecular complexity index is 1170. The van der Waals surface area contributed by atoms with Gasteiger partial charge in [0, 0.05) is 18.7 Å². The molecule has 0 fully saturated rings. The Morgan fingerprint density at radius 2 is 1.84 bits per heavy atom. The van der Waals surface area contributed by atoms with E-state index in [9.17, 15) is 14.4 Å². The fourth-order valence-electron chi connectivity index (χ4n) is 3.20. The lowest BCUT2D eigenvalue weighted by Crippen LogP contribution is -2.28. The minimum absolute atomic E-state index is 0.0982. The van der Waals surface area contributed by atoms with Crippen LogP contribution in [0.1, 0.15) is 50.3 Å². The third-order valence-electron chi connectivity index (χ3n) is 4.76. The van der Waals surface area contributed by atoms with Gasteiger partial charge in [0.15, 0.2) is 5.65 Å². The van der Waals surface area contributed by atoms with Gasteiger partial charge in [-0.05, 0) is 58.9 Å². The zero-order valence-electron chi connectivity index (χ0n) is 18.4. The molecule has 0 aliphatic carbocycles. The Hall–Kier alpha value is -3.49. The quantitative estimate of drug-likeness (QED) is 0.609. The monoisotopic (exact) mass is 425 g/mol. The van der Waals surface area contributed by atoms with E-state index in [1.54, 1.807) is 42.8 Å². The number of carbonyl (C=O) groups is 2. The van der Waals surface area contributed by atoms with Crippen LogP contribution in [0.15, 0.2) is 35.3 Å². The van der Waals surface area contributed by atoms with Gasteiger partial charge in [0.2, 0.25) is 5.91 Å². The highest BCUT2D eigenvalue weighted by molar-refractivity contribution is 5.93. The summed E-state index contributed by atoms with van der Waals surface area (Å²) in [4.78, 5) is 41.5. The summed E-state index contributed by atoms with van der Waals surface area (Å²) in [6.45, 7) is 9.95. The van der Waals surface area contributed by atoms with Crippen molar-refractivity contribution in [3.8, 4) is 0 Å². The number of hydrogen-bond acceptors (Lipinski definition) is 6. The first-order valence-corrected chi connectivity index (χ1v) is 10.1. The molecule has 2 heterocycles. The van der Waals surface area contributed by atoms with Gasteiger partial charge < -0.3 is 10.1 Å². The fourth-order valence-corrected chi connectivity index (χ4v) is 3.20. The highest BCUT2D eigenvalue weighted by atomic mass is 16.5. The van der Waals surface area contributed by atoms with E-state index in [1.807, 2.05) is 20.8 Å². The van der Waals surface area contributed by atoms with E-state index in [4.69, 9.17) is 4.74 Å². The third kappa shape index (κ3) is 4.82. The molecule has 0 spiro atoms. The topological polar surface area (TPSA) is 108 Å². The second-order valence-electron chi connectivity index (χ2n) is 8.18. The van der Waals surface area contributed by atoms with Gasteiger partial charge in [-0.1, -0.05) is 0 Å². The van der Waals surface area contributed by atoms with Crippen molar-refractivity contribution >= 4 is 28.6 Å². The molecule has 0 aliphatic rings. The van der Waals surface area contributed by atoms with Gasteiger partial charge in [0.1, 0.15) is 11.2 Å². The molecular weight excluding hydrogens is 398 g/mol. The van der Waals surface area contributed by atoms with Crippen molar-refractivity contribution in [2.24, 2.45) is 0 Å². The van der Waals surface area contributed by atoms with Crippen molar-refractivity contribution < 1.29 is 14.3 Å². The lowest BCUT2D eigenvalue weighted by atomic mass is 10.1. The van der Waals surface area contributed by atoms with Crippen LogP contribution in [0.2, 0.25) is 0 Å². The molecule has 31 heavy (non-hydrogen) atoms. The molecule has 3 rings (SSSR count). The molecule has 2 aromatic heterocycles. The van der Waals surface area contributed by atoms with Crippen molar-refractivity contribution in [2.75, 3.05) is 11.9 Å². The maximum atomic E-state index is 12.9. The van der Waals surface area contributed by atoms with E-state index in [0.29, 0.717) is 34.7 Å². The molecule has 3 aromatic rings. The van der Waals surface area contributed by atoms with Crippen molar-refractivity contribution in [1.29, 1.82) is 0 Å². The Kier molecular flexibility index (Phi) is 6.24. The SMILES string of the molecule is CCOC(=O)c1ccc(NC(=O)CCn2c(C)nc3c(cnn3C(C)(C)C)c2=O)cc1. The number of esters is 1. The minimum atomic E-state index is -0.409. The summed E-state index contributed by atoms with van der Waals surface area (Å²) in [6.07, 6.45) is 1.62. The second-order valence-corrected chi connectivity index (χ2v) is 8.18. The number of hydrogen-bond donors (Lipinski definition) is 1. The number of benzene rings is 1. The molecule has 1 N–H and O–H groups in total. The minimum Gasteiger partial charge on any atom is -0.462 e. The molecule has 0 atom stereocenters. The zero-order valence-corrected chi connectivity index (χ0v) is 18.4. The van der Waals surface area contributed by atoms with Crippen LogP contribution in [-0.2, 0) is 21.6 Å². The van der Waals surface area contributed by atoms with E-state index < -0.39 is 5.97 Å². The van der Waals surface area contributed by atoms with E-state index >= 15 is 0 Å². The number of amides is 1. The van der Waals surface area contributed by atoms with Gasteiger partial charge in [-0.15, -0.1) is 0 Å². The molecule has 1 aromatic carbocycles. The van der Waals surface area contributed by atoms with Gasteiger partial charge in [-0.25, -0.2) is 14.5 Å². The summed E-state index contributed by atoms with van der Waals surface area (Å²) in [5.41, 5.74) is 0.990. The summed E-state index contributed by atoms with van der Waals surface area (Å²) in [6, 6.07) is 6.45. The maximum Gasteiger partial charge on any atom is 0.338 e. The molecular formula is C22H27N5O4. The van der Waals surface area contributed by atoms with E-state index in [-0.39, 0.29) is 30.0 Å². The number of aromatic nitrogens is 4. The van der Waals surface area contributed by atoms with Gasteiger partial charge in [0.05, 0.1) is 23.9 Å². The highest BCUT2D eigenvalue weighted by Crippen LogP contribution is 2.18. The lowest BCUT2D eigenvalue weighted by molar-refractivity contribution is -0.116. The van der Waals surface area contributed by atoms with Gasteiger partial charge in [-0.2, -0.15) is 5.10 Å². The number of nitrogens with zero attached hydrogens (tertiary/aromatic N) is 4. The standard InChI is InChI=1S/C22H27N5O4/c1-6-31-21(30)15-7-9-16(10-8-15)25-18(28)11-12-26-14(2)24-19-17(20(26)29)13-23-27(19)22(3,4)5/h7-10,13H,6,11-12H2,1-5H3,(H,25,28). The van der Waals surface area contributed by atoms with Crippen LogP contribution in [0, 0.1) is 6.92 Å². The van der Waals surface area contributed by atoms with E-state index in [2.05, 4.69) is 15.4 Å². The summed E-state index contributed by atoms with van der Waals surface area (Å²) in [5, 5.41) is 7.51. The van der Waals surface area contributed by atoms with Crippen LogP contribution in [0.3, 0.4) is 0 Å². The van der Waals surface area contributed by atoms with E-state index in [0.717, 1.165) is 0 Å².